The number of H-pyrrole nitrogens is 1. The van der Waals surface area contributed by atoms with Crippen LogP contribution in [0.4, 0.5) is 11.4 Å². The van der Waals surface area contributed by atoms with Gasteiger partial charge in [0.1, 0.15) is 5.69 Å². The summed E-state index contributed by atoms with van der Waals surface area (Å²) in [6.07, 6.45) is 0. The molecule has 0 fully saturated rings. The molecule has 11 nitrogen and oxygen atoms in total. The molecule has 0 aliphatic rings. The maximum Gasteiger partial charge on any atom is 0.312 e. The Labute approximate surface area is 119 Å². The van der Waals surface area contributed by atoms with Crippen LogP contribution >= 0.6 is 0 Å². The van der Waals surface area contributed by atoms with Crippen molar-refractivity contribution >= 4 is 21.4 Å². The minimum Gasteiger partial charge on any atom is -0.383 e. The second-order valence-electron chi connectivity index (χ2n) is 3.81. The molecule has 1 aromatic carbocycles. The topological polar surface area (TPSA) is 156 Å². The number of hydrogen-bond acceptors (Lipinski definition) is 8. The van der Waals surface area contributed by atoms with Crippen LogP contribution in [0.5, 0.6) is 0 Å². The Kier molecular flexibility index (Phi) is 4.09. The lowest BCUT2D eigenvalue weighted by Gasteiger charge is -2.08. The lowest BCUT2D eigenvalue weighted by atomic mass is 10.3. The second-order valence-corrected chi connectivity index (χ2v) is 5.55. The van der Waals surface area contributed by atoms with Gasteiger partial charge in [-0.3, -0.25) is 10.1 Å². The standard InChI is InChI=1S/C9H11N7O4S/c1-10-6-3-2-4-7(9(6)16(17)18)21(19,20)11-5-8-12-14-15-13-8/h2-4,10-11H,5H2,1H3,(H,12,13,14,15). The molecule has 1 aromatic heterocycles. The van der Waals surface area contributed by atoms with Gasteiger partial charge in [0.05, 0.1) is 11.5 Å². The predicted molar refractivity (Wildman–Crippen MR) is 70.8 cm³/mol. The van der Waals surface area contributed by atoms with Crippen LogP contribution in [0.1, 0.15) is 5.82 Å². The van der Waals surface area contributed by atoms with E-state index >= 15 is 0 Å². The molecule has 0 bridgehead atoms. The number of aromatic nitrogens is 4. The van der Waals surface area contributed by atoms with Crippen LogP contribution in [-0.2, 0) is 16.6 Å². The van der Waals surface area contributed by atoms with Crippen LogP contribution in [0.15, 0.2) is 23.1 Å². The number of hydrogen-bond donors (Lipinski definition) is 3. The number of tetrazole rings is 1. The van der Waals surface area contributed by atoms with Crippen molar-refractivity contribution in [3.05, 3.63) is 34.1 Å². The lowest BCUT2D eigenvalue weighted by Crippen LogP contribution is -2.25. The number of benzene rings is 1. The van der Waals surface area contributed by atoms with Crippen molar-refractivity contribution in [2.24, 2.45) is 0 Å². The van der Waals surface area contributed by atoms with Crippen LogP contribution in [0.25, 0.3) is 0 Å². The Balaban J connectivity index is 2.37. The fourth-order valence-corrected chi connectivity index (χ4v) is 2.80. The highest BCUT2D eigenvalue weighted by Crippen LogP contribution is 2.31. The van der Waals surface area contributed by atoms with Crippen molar-refractivity contribution < 1.29 is 13.3 Å². The Morgan fingerprint density at radius 2 is 2.19 bits per heavy atom. The molecule has 0 unspecified atom stereocenters. The zero-order valence-electron chi connectivity index (χ0n) is 10.8. The maximum absolute atomic E-state index is 12.2. The molecule has 0 atom stereocenters. The van der Waals surface area contributed by atoms with Gasteiger partial charge in [-0.05, 0) is 12.1 Å². The molecule has 21 heavy (non-hydrogen) atoms. The SMILES string of the molecule is CNc1cccc(S(=O)(=O)NCc2nn[nH]n2)c1[N+](=O)[O-]. The number of aromatic amines is 1. The minimum absolute atomic E-state index is 0.0995. The average Bonchev–Trinajstić information content (AvgIpc) is 2.97. The van der Waals surface area contributed by atoms with E-state index in [0.29, 0.717) is 0 Å². The van der Waals surface area contributed by atoms with Gasteiger partial charge >= 0.3 is 5.69 Å². The summed E-state index contributed by atoms with van der Waals surface area (Å²) in [5.74, 6) is 0.117. The Morgan fingerprint density at radius 3 is 2.76 bits per heavy atom. The summed E-state index contributed by atoms with van der Waals surface area (Å²) < 4.78 is 26.6. The number of para-hydroxylation sites is 1. The third-order valence-electron chi connectivity index (χ3n) is 2.55. The zero-order valence-corrected chi connectivity index (χ0v) is 11.6. The van der Waals surface area contributed by atoms with Crippen LogP contribution in [-0.4, -0.2) is 41.0 Å². The summed E-state index contributed by atoms with van der Waals surface area (Å²) in [6, 6.07) is 3.97. The number of sulfonamides is 1. The van der Waals surface area contributed by atoms with E-state index in [1.54, 1.807) is 0 Å². The van der Waals surface area contributed by atoms with E-state index in [2.05, 4.69) is 30.7 Å². The summed E-state index contributed by atoms with van der Waals surface area (Å²) >= 11 is 0. The highest BCUT2D eigenvalue weighted by molar-refractivity contribution is 7.89. The number of nitrogens with one attached hydrogen (secondary N) is 3. The van der Waals surface area contributed by atoms with Crippen LogP contribution in [0, 0.1) is 10.1 Å². The van der Waals surface area contributed by atoms with Crippen LogP contribution in [0.3, 0.4) is 0 Å². The van der Waals surface area contributed by atoms with Crippen molar-refractivity contribution in [1.82, 2.24) is 25.3 Å². The first kappa shape index (κ1) is 14.8. The molecule has 0 aliphatic carbocycles. The van der Waals surface area contributed by atoms with E-state index in [9.17, 15) is 18.5 Å². The van der Waals surface area contributed by atoms with Gasteiger partial charge in [0, 0.05) is 7.05 Å². The van der Waals surface area contributed by atoms with Crippen LogP contribution < -0.4 is 10.0 Å². The Morgan fingerprint density at radius 1 is 1.43 bits per heavy atom. The van der Waals surface area contributed by atoms with E-state index in [0.717, 1.165) is 6.07 Å². The van der Waals surface area contributed by atoms with Gasteiger partial charge in [-0.25, -0.2) is 13.1 Å². The molecule has 0 radical (unpaired) electrons. The summed E-state index contributed by atoms with van der Waals surface area (Å²) in [4.78, 5) is 9.92. The highest BCUT2D eigenvalue weighted by Gasteiger charge is 2.28. The first-order valence-electron chi connectivity index (χ1n) is 5.63. The van der Waals surface area contributed by atoms with Gasteiger partial charge in [-0.2, -0.15) is 5.21 Å². The molecule has 2 rings (SSSR count). The molecule has 12 heteroatoms. The first-order chi connectivity index (χ1) is 9.95. The third kappa shape index (κ3) is 3.11. The van der Waals surface area contributed by atoms with Gasteiger partial charge in [0.2, 0.25) is 10.0 Å². The monoisotopic (exact) mass is 313 g/mol. The normalized spacial score (nSPS) is 11.3. The average molecular weight is 313 g/mol. The number of nitrogens with zero attached hydrogens (tertiary/aromatic N) is 4. The lowest BCUT2D eigenvalue weighted by molar-refractivity contribution is -0.386. The van der Waals surface area contributed by atoms with Gasteiger partial charge in [0.25, 0.3) is 0 Å². The molecular weight excluding hydrogens is 302 g/mol. The van der Waals surface area contributed by atoms with E-state index in [1.165, 1.54) is 19.2 Å². The quantitative estimate of drug-likeness (QED) is 0.481. The summed E-state index contributed by atoms with van der Waals surface area (Å²) in [7, 11) is -2.63. The van der Waals surface area contributed by atoms with Crippen molar-refractivity contribution in [1.29, 1.82) is 0 Å². The predicted octanol–water partition coefficient (Wildman–Crippen LogP) is -0.372. The van der Waals surface area contributed by atoms with Gasteiger partial charge < -0.3 is 5.32 Å². The minimum atomic E-state index is -4.10. The fraction of sp³-hybridized carbons (Fsp3) is 0.222. The molecule has 0 spiro atoms. The molecule has 0 saturated heterocycles. The largest absolute Gasteiger partial charge is 0.383 e. The molecule has 0 aliphatic heterocycles. The van der Waals surface area contributed by atoms with E-state index in [4.69, 9.17) is 0 Å². The van der Waals surface area contributed by atoms with Gasteiger partial charge in [0.15, 0.2) is 10.7 Å². The zero-order chi connectivity index (χ0) is 15.5. The molecular formula is C9H11N7O4S. The van der Waals surface area contributed by atoms with Gasteiger partial charge in [-0.1, -0.05) is 11.3 Å². The highest BCUT2D eigenvalue weighted by atomic mass is 32.2. The van der Waals surface area contributed by atoms with E-state index in [1.807, 2.05) is 0 Å². The van der Waals surface area contributed by atoms with Gasteiger partial charge in [-0.15, -0.1) is 10.2 Å². The van der Waals surface area contributed by atoms with E-state index < -0.39 is 25.5 Å². The fourth-order valence-electron chi connectivity index (χ4n) is 1.62. The molecule has 3 N–H and O–H groups in total. The van der Waals surface area contributed by atoms with Crippen LogP contribution in [0.2, 0.25) is 0 Å². The number of rotatable bonds is 6. The molecule has 1 heterocycles. The molecule has 112 valence electrons. The molecule has 0 amide bonds. The van der Waals surface area contributed by atoms with Crippen molar-refractivity contribution in [2.75, 3.05) is 12.4 Å². The third-order valence-corrected chi connectivity index (χ3v) is 3.98. The summed E-state index contributed by atoms with van der Waals surface area (Å²) in [5.41, 5.74) is -0.428. The number of anilines is 1. The van der Waals surface area contributed by atoms with Crippen molar-refractivity contribution in [3.8, 4) is 0 Å². The van der Waals surface area contributed by atoms with Crippen molar-refractivity contribution in [2.45, 2.75) is 11.4 Å². The van der Waals surface area contributed by atoms with E-state index in [-0.39, 0.29) is 18.1 Å². The smallest absolute Gasteiger partial charge is 0.312 e. The van der Waals surface area contributed by atoms with Crippen molar-refractivity contribution in [3.63, 3.8) is 0 Å². The Bertz CT molecular complexity index is 743. The molecule has 0 saturated carbocycles. The second kappa shape index (κ2) is 5.80. The summed E-state index contributed by atoms with van der Waals surface area (Å²) in [5, 5.41) is 26.3. The number of nitro benzene ring substituents is 1. The first-order valence-corrected chi connectivity index (χ1v) is 7.11. The summed E-state index contributed by atoms with van der Waals surface area (Å²) in [6.45, 7) is -0.236. The Hall–Kier alpha value is -2.60. The number of nitro groups is 1. The molecule has 2 aromatic rings. The maximum atomic E-state index is 12.2.